The van der Waals surface area contributed by atoms with Crippen molar-refractivity contribution in [2.75, 3.05) is 52.5 Å². The van der Waals surface area contributed by atoms with E-state index in [1.54, 1.807) is 24.8 Å². The maximum atomic E-state index is 14.8. The van der Waals surface area contributed by atoms with Gasteiger partial charge in [0.15, 0.2) is 11.5 Å². The van der Waals surface area contributed by atoms with Gasteiger partial charge in [-0.1, -0.05) is 0 Å². The number of H-pyrrole nitrogens is 2. The third-order valence-electron chi connectivity index (χ3n) is 8.99. The van der Waals surface area contributed by atoms with Crippen molar-refractivity contribution in [2.24, 2.45) is 0 Å². The first-order chi connectivity index (χ1) is 23.2. The number of pyridine rings is 3. The summed E-state index contributed by atoms with van der Waals surface area (Å²) in [6, 6.07) is 10.6. The van der Waals surface area contributed by atoms with Gasteiger partial charge in [0.05, 0.1) is 22.8 Å². The van der Waals surface area contributed by atoms with Crippen molar-refractivity contribution < 1.29 is 13.9 Å². The van der Waals surface area contributed by atoms with E-state index in [9.17, 15) is 4.39 Å². The van der Waals surface area contributed by atoms with Gasteiger partial charge >= 0.3 is 0 Å². The molecule has 2 N–H and O–H groups in total. The molecule has 0 radical (unpaired) electrons. The molecule has 0 aliphatic carbocycles. The van der Waals surface area contributed by atoms with Crippen LogP contribution in [0.5, 0.6) is 11.5 Å². The van der Waals surface area contributed by atoms with Crippen molar-refractivity contribution >= 4 is 22.1 Å². The van der Waals surface area contributed by atoms with Crippen LogP contribution in [0.25, 0.3) is 56.0 Å². The number of aromatic nitrogens is 7. The molecule has 0 bridgehead atoms. The van der Waals surface area contributed by atoms with E-state index >= 15 is 0 Å². The molecule has 2 saturated heterocycles. The third kappa shape index (κ3) is 6.38. The Morgan fingerprint density at radius 2 is 1.49 bits per heavy atom. The Hall–Kier alpha value is -4.94. The Morgan fingerprint density at radius 1 is 0.766 bits per heavy atom. The van der Waals surface area contributed by atoms with Crippen LogP contribution in [0.4, 0.5) is 4.39 Å². The summed E-state index contributed by atoms with van der Waals surface area (Å²) in [6.07, 6.45) is 12.0. The molecule has 7 heterocycles. The number of imidazole rings is 1. The number of ether oxygens (including phenoxy) is 2. The van der Waals surface area contributed by atoms with Crippen LogP contribution in [0.2, 0.25) is 0 Å². The second kappa shape index (κ2) is 13.0. The molecule has 1 aromatic carbocycles. The number of nitrogens with one attached hydrogen (secondary N) is 2. The summed E-state index contributed by atoms with van der Waals surface area (Å²) >= 11 is 0. The van der Waals surface area contributed by atoms with Crippen molar-refractivity contribution in [1.82, 2.24) is 44.9 Å². The molecule has 6 aromatic rings. The fraction of sp³-hybridized carbons (Fsp3) is 0.343. The minimum Gasteiger partial charge on any atom is -0.492 e. The fourth-order valence-electron chi connectivity index (χ4n) is 6.54. The SMILES string of the molecule is Fc1cc(OCCN2CCCC2)cc(-c2nccc3[nH]c(-c4[nH]nc5ncc(-c6cncc(OCCN7CCCC7)c6)cc45)nc23)c1. The number of nitrogens with zero attached hydrogens (tertiary/aromatic N) is 7. The van der Waals surface area contributed by atoms with Crippen LogP contribution >= 0.6 is 0 Å². The summed E-state index contributed by atoms with van der Waals surface area (Å²) in [5, 5.41) is 8.34. The zero-order valence-electron chi connectivity index (χ0n) is 26.1. The van der Waals surface area contributed by atoms with Gasteiger partial charge in [-0.15, -0.1) is 0 Å². The number of hydrogen-bond donors (Lipinski definition) is 2. The minimum atomic E-state index is -0.387. The van der Waals surface area contributed by atoms with Gasteiger partial charge in [-0.2, -0.15) is 5.10 Å². The van der Waals surface area contributed by atoms with Gasteiger partial charge in [0, 0.05) is 54.4 Å². The number of rotatable bonds is 11. The van der Waals surface area contributed by atoms with E-state index in [2.05, 4.69) is 39.9 Å². The summed E-state index contributed by atoms with van der Waals surface area (Å²) in [7, 11) is 0. The van der Waals surface area contributed by atoms with E-state index in [0.29, 0.717) is 52.9 Å². The average molecular weight is 634 g/mol. The predicted molar refractivity (Wildman–Crippen MR) is 178 cm³/mol. The third-order valence-corrected chi connectivity index (χ3v) is 8.99. The highest BCUT2D eigenvalue weighted by molar-refractivity contribution is 5.96. The maximum Gasteiger partial charge on any atom is 0.181 e. The first-order valence-electron chi connectivity index (χ1n) is 16.3. The summed E-state index contributed by atoms with van der Waals surface area (Å²) in [5.74, 6) is 1.39. The maximum absolute atomic E-state index is 14.8. The molecule has 240 valence electrons. The van der Waals surface area contributed by atoms with E-state index in [0.717, 1.165) is 67.0 Å². The molecule has 2 aliphatic heterocycles. The molecule has 0 amide bonds. The lowest BCUT2D eigenvalue weighted by molar-refractivity contribution is 0.237. The zero-order chi connectivity index (χ0) is 31.6. The molecule has 12 heteroatoms. The molecule has 0 saturated carbocycles. The van der Waals surface area contributed by atoms with Crippen molar-refractivity contribution in [1.29, 1.82) is 0 Å². The Morgan fingerprint density at radius 3 is 2.28 bits per heavy atom. The van der Waals surface area contributed by atoms with Crippen LogP contribution < -0.4 is 9.47 Å². The first kappa shape index (κ1) is 29.5. The second-order valence-corrected chi connectivity index (χ2v) is 12.2. The largest absolute Gasteiger partial charge is 0.492 e. The summed E-state index contributed by atoms with van der Waals surface area (Å²) in [4.78, 5) is 26.7. The second-order valence-electron chi connectivity index (χ2n) is 12.2. The highest BCUT2D eigenvalue weighted by Gasteiger charge is 2.18. The first-order valence-corrected chi connectivity index (χ1v) is 16.3. The monoisotopic (exact) mass is 633 g/mol. The Bertz CT molecular complexity index is 2010. The van der Waals surface area contributed by atoms with E-state index in [-0.39, 0.29) is 5.82 Å². The van der Waals surface area contributed by atoms with Gasteiger partial charge in [-0.3, -0.25) is 24.9 Å². The predicted octanol–water partition coefficient (Wildman–Crippen LogP) is 5.71. The van der Waals surface area contributed by atoms with Crippen LogP contribution in [0.1, 0.15) is 25.7 Å². The van der Waals surface area contributed by atoms with E-state index in [4.69, 9.17) is 14.5 Å². The van der Waals surface area contributed by atoms with Crippen molar-refractivity contribution in [2.45, 2.75) is 25.7 Å². The highest BCUT2D eigenvalue weighted by atomic mass is 19.1. The molecular weight excluding hydrogens is 597 g/mol. The van der Waals surface area contributed by atoms with Gasteiger partial charge < -0.3 is 14.5 Å². The number of fused-ring (bicyclic) bond motifs is 2. The fourth-order valence-corrected chi connectivity index (χ4v) is 6.54. The van der Waals surface area contributed by atoms with E-state index in [1.165, 1.54) is 37.8 Å². The van der Waals surface area contributed by atoms with Crippen LogP contribution in [0.3, 0.4) is 0 Å². The lowest BCUT2D eigenvalue weighted by Gasteiger charge is -2.15. The number of hydrogen-bond acceptors (Lipinski definition) is 9. The summed E-state index contributed by atoms with van der Waals surface area (Å²) in [5.41, 5.74) is 5.56. The van der Waals surface area contributed by atoms with Gasteiger partial charge in [0.1, 0.15) is 41.7 Å². The topological polar surface area (TPSA) is 121 Å². The van der Waals surface area contributed by atoms with Crippen molar-refractivity contribution in [3.8, 4) is 45.4 Å². The summed E-state index contributed by atoms with van der Waals surface area (Å²) in [6.45, 7) is 7.33. The van der Waals surface area contributed by atoms with Crippen molar-refractivity contribution in [3.63, 3.8) is 0 Å². The normalized spacial score (nSPS) is 15.7. The molecule has 0 unspecified atom stereocenters. The van der Waals surface area contributed by atoms with Gasteiger partial charge in [0.25, 0.3) is 0 Å². The smallest absolute Gasteiger partial charge is 0.181 e. The Balaban J connectivity index is 1.05. The van der Waals surface area contributed by atoms with Gasteiger partial charge in [0.2, 0.25) is 0 Å². The molecule has 2 aliphatic rings. The van der Waals surface area contributed by atoms with Gasteiger partial charge in [-0.05, 0) is 82.2 Å². The minimum absolute atomic E-state index is 0.387. The molecule has 11 nitrogen and oxygen atoms in total. The van der Waals surface area contributed by atoms with Crippen LogP contribution in [0.15, 0.2) is 61.2 Å². The number of benzene rings is 1. The molecular formula is C35H36FN9O2. The van der Waals surface area contributed by atoms with Gasteiger partial charge in [-0.25, -0.2) is 14.4 Å². The standard InChI is InChI=1S/C35H36FN9O2/c36-26-15-23(16-27(19-26)46-13-11-44-7-1-2-8-44)31-33-30(5-6-38-31)40-35(41-33)32-29-18-25(21-39-34(29)43-42-32)24-17-28(22-37-20-24)47-14-12-45-9-3-4-10-45/h5-6,15-22H,1-4,7-14H2,(H,40,41)(H,39,42,43). The lowest BCUT2D eigenvalue weighted by Crippen LogP contribution is -2.25. The highest BCUT2D eigenvalue weighted by Crippen LogP contribution is 2.33. The molecule has 47 heavy (non-hydrogen) atoms. The molecule has 5 aromatic heterocycles. The quantitative estimate of drug-likeness (QED) is 0.185. The number of halogens is 1. The van der Waals surface area contributed by atoms with E-state index < -0.39 is 0 Å². The average Bonchev–Trinajstić information content (AvgIpc) is 3.91. The Labute approximate surface area is 271 Å². The van der Waals surface area contributed by atoms with Crippen LogP contribution in [0, 0.1) is 5.82 Å². The van der Waals surface area contributed by atoms with Crippen LogP contribution in [-0.4, -0.2) is 97.4 Å². The summed E-state index contributed by atoms with van der Waals surface area (Å²) < 4.78 is 26.8. The number of likely N-dealkylation sites (tertiary alicyclic amines) is 2. The lowest BCUT2D eigenvalue weighted by atomic mass is 10.1. The Kier molecular flexibility index (Phi) is 8.18. The van der Waals surface area contributed by atoms with E-state index in [1.807, 2.05) is 24.3 Å². The molecule has 0 spiro atoms. The zero-order valence-corrected chi connectivity index (χ0v) is 26.1. The molecule has 8 rings (SSSR count). The molecule has 0 atom stereocenters. The number of aromatic amines is 2. The van der Waals surface area contributed by atoms with Crippen LogP contribution in [-0.2, 0) is 0 Å². The van der Waals surface area contributed by atoms with Crippen molar-refractivity contribution in [3.05, 3.63) is 67.0 Å². The molecule has 2 fully saturated rings.